The summed E-state index contributed by atoms with van der Waals surface area (Å²) in [6.07, 6.45) is 0. The molecule has 0 aliphatic heterocycles. The summed E-state index contributed by atoms with van der Waals surface area (Å²) < 4.78 is 26.6. The highest BCUT2D eigenvalue weighted by molar-refractivity contribution is 7.94. The Morgan fingerprint density at radius 2 is 1.86 bits per heavy atom. The zero-order chi connectivity index (χ0) is 20.3. The summed E-state index contributed by atoms with van der Waals surface area (Å²) >= 11 is 0.657. The zero-order valence-corrected chi connectivity index (χ0v) is 16.0. The molecule has 2 aromatic carbocycles. The second-order valence-electron chi connectivity index (χ2n) is 5.61. The summed E-state index contributed by atoms with van der Waals surface area (Å²) in [6, 6.07) is 11.8. The summed E-state index contributed by atoms with van der Waals surface area (Å²) in [5.41, 5.74) is 1.13. The number of aryl methyl sites for hydroxylation is 1. The van der Waals surface area contributed by atoms with Gasteiger partial charge in [0.15, 0.2) is 0 Å². The molecule has 1 amide bonds. The highest BCUT2D eigenvalue weighted by Crippen LogP contribution is 2.24. The Kier molecular flexibility index (Phi) is 5.33. The van der Waals surface area contributed by atoms with E-state index in [-0.39, 0.29) is 16.5 Å². The topological polar surface area (TPSA) is 144 Å². The van der Waals surface area contributed by atoms with Gasteiger partial charge in [-0.2, -0.15) is 8.42 Å². The molecule has 2 N–H and O–H groups in total. The van der Waals surface area contributed by atoms with Crippen molar-refractivity contribution in [1.29, 1.82) is 0 Å². The molecule has 0 aliphatic carbocycles. The zero-order valence-electron chi connectivity index (χ0n) is 14.3. The Morgan fingerprint density at radius 3 is 2.54 bits per heavy atom. The van der Waals surface area contributed by atoms with Crippen LogP contribution < -0.4 is 10.0 Å². The molecule has 10 nitrogen and oxygen atoms in total. The van der Waals surface area contributed by atoms with E-state index in [0.717, 1.165) is 11.6 Å². The van der Waals surface area contributed by atoms with Crippen molar-refractivity contribution in [2.75, 3.05) is 10.0 Å². The van der Waals surface area contributed by atoms with E-state index in [9.17, 15) is 23.3 Å². The highest BCUT2D eigenvalue weighted by Gasteiger charge is 2.22. The molecule has 1 heterocycles. The van der Waals surface area contributed by atoms with E-state index < -0.39 is 25.2 Å². The molecule has 0 atom stereocenters. The van der Waals surface area contributed by atoms with Gasteiger partial charge >= 0.3 is 0 Å². The third kappa shape index (κ3) is 4.47. The number of non-ortho nitro benzene ring substituents is 1. The molecule has 0 saturated carbocycles. The first-order valence-electron chi connectivity index (χ1n) is 7.73. The van der Waals surface area contributed by atoms with Crippen molar-refractivity contribution < 1.29 is 18.1 Å². The van der Waals surface area contributed by atoms with E-state index in [4.69, 9.17) is 0 Å². The van der Waals surface area contributed by atoms with Gasteiger partial charge < -0.3 is 0 Å². The number of sulfonamides is 1. The Labute approximate surface area is 163 Å². The lowest BCUT2D eigenvalue weighted by Gasteiger charge is -2.04. The van der Waals surface area contributed by atoms with Gasteiger partial charge in [-0.05, 0) is 25.1 Å². The van der Waals surface area contributed by atoms with Crippen molar-refractivity contribution in [1.82, 2.24) is 10.2 Å². The summed E-state index contributed by atoms with van der Waals surface area (Å²) in [6.45, 7) is 1.89. The first-order valence-corrected chi connectivity index (χ1v) is 10.0. The van der Waals surface area contributed by atoms with Crippen molar-refractivity contribution in [3.63, 3.8) is 0 Å². The number of carbonyl (C=O) groups is 1. The fourth-order valence-corrected chi connectivity index (χ4v) is 4.07. The lowest BCUT2D eigenvalue weighted by molar-refractivity contribution is -0.384. The number of hydrogen-bond acceptors (Lipinski definition) is 8. The molecule has 28 heavy (non-hydrogen) atoms. The third-order valence-corrected chi connectivity index (χ3v) is 6.07. The molecule has 0 unspecified atom stereocenters. The van der Waals surface area contributed by atoms with E-state index in [1.165, 1.54) is 18.2 Å². The number of carbonyl (C=O) groups excluding carboxylic acids is 1. The number of nitro benzene ring substituents is 1. The van der Waals surface area contributed by atoms with Crippen LogP contribution in [0.4, 0.5) is 16.5 Å². The summed E-state index contributed by atoms with van der Waals surface area (Å²) in [5, 5.41) is 20.5. The van der Waals surface area contributed by atoms with Gasteiger partial charge in [-0.15, -0.1) is 10.2 Å². The molecule has 0 saturated heterocycles. The van der Waals surface area contributed by atoms with E-state index in [1.807, 2.05) is 6.92 Å². The van der Waals surface area contributed by atoms with E-state index >= 15 is 0 Å². The minimum absolute atomic E-state index is 0.00462. The Bertz CT molecular complexity index is 1140. The molecule has 144 valence electrons. The molecule has 0 radical (unpaired) electrons. The minimum atomic E-state index is -4.12. The van der Waals surface area contributed by atoms with Crippen LogP contribution in [0.25, 0.3) is 0 Å². The molecular formula is C16H13N5O5S2. The van der Waals surface area contributed by atoms with E-state index in [1.54, 1.807) is 24.3 Å². The maximum Gasteiger partial charge on any atom is 0.291 e. The number of nitrogens with one attached hydrogen (secondary N) is 2. The van der Waals surface area contributed by atoms with Crippen molar-refractivity contribution in [3.8, 4) is 0 Å². The van der Waals surface area contributed by atoms with Gasteiger partial charge in [0.2, 0.25) is 5.13 Å². The minimum Gasteiger partial charge on any atom is -0.296 e. The van der Waals surface area contributed by atoms with Gasteiger partial charge in [-0.3, -0.25) is 24.9 Å². The van der Waals surface area contributed by atoms with Crippen LogP contribution in [0.15, 0.2) is 52.9 Å². The predicted octanol–water partition coefficient (Wildman–Crippen LogP) is 2.81. The number of nitro groups is 1. The van der Waals surface area contributed by atoms with E-state index in [0.29, 0.717) is 16.9 Å². The van der Waals surface area contributed by atoms with Crippen molar-refractivity contribution in [2.45, 2.75) is 11.3 Å². The normalized spacial score (nSPS) is 11.0. The number of rotatable bonds is 6. The summed E-state index contributed by atoms with van der Waals surface area (Å²) in [4.78, 5) is 22.3. The van der Waals surface area contributed by atoms with Gasteiger partial charge in [0.25, 0.3) is 26.0 Å². The summed E-state index contributed by atoms with van der Waals surface area (Å²) in [7, 11) is -4.12. The number of nitrogens with zero attached hydrogens (tertiary/aromatic N) is 3. The second-order valence-corrected chi connectivity index (χ2v) is 8.44. The number of benzene rings is 2. The molecular weight excluding hydrogens is 406 g/mol. The first kappa shape index (κ1) is 19.4. The largest absolute Gasteiger partial charge is 0.296 e. The smallest absolute Gasteiger partial charge is 0.291 e. The van der Waals surface area contributed by atoms with Gasteiger partial charge in [0.05, 0.1) is 10.6 Å². The third-order valence-electron chi connectivity index (χ3n) is 3.48. The van der Waals surface area contributed by atoms with Gasteiger partial charge in [0.1, 0.15) is 0 Å². The predicted molar refractivity (Wildman–Crippen MR) is 103 cm³/mol. The van der Waals surface area contributed by atoms with Crippen LogP contribution in [-0.2, 0) is 10.0 Å². The van der Waals surface area contributed by atoms with Crippen molar-refractivity contribution in [3.05, 3.63) is 69.8 Å². The van der Waals surface area contributed by atoms with Gasteiger partial charge in [0, 0.05) is 17.7 Å². The highest BCUT2D eigenvalue weighted by atomic mass is 32.2. The van der Waals surface area contributed by atoms with Crippen LogP contribution >= 0.6 is 11.3 Å². The van der Waals surface area contributed by atoms with Crippen LogP contribution in [0.3, 0.4) is 0 Å². The number of amides is 1. The molecule has 12 heteroatoms. The average Bonchev–Trinajstić information content (AvgIpc) is 3.11. The number of anilines is 2. The van der Waals surface area contributed by atoms with Crippen LogP contribution in [0.2, 0.25) is 0 Å². The van der Waals surface area contributed by atoms with Crippen molar-refractivity contribution in [2.24, 2.45) is 0 Å². The van der Waals surface area contributed by atoms with Crippen molar-refractivity contribution >= 4 is 43.8 Å². The maximum atomic E-state index is 12.4. The van der Waals surface area contributed by atoms with Crippen LogP contribution in [-0.4, -0.2) is 29.4 Å². The molecule has 0 fully saturated rings. The monoisotopic (exact) mass is 419 g/mol. The average molecular weight is 419 g/mol. The SMILES string of the molecule is Cc1ccc(C(=O)Nc2nnc(S(=O)(=O)Nc3cccc([N+](=O)[O-])c3)s2)cc1. The molecule has 0 aliphatic rings. The van der Waals surface area contributed by atoms with Crippen LogP contribution in [0.5, 0.6) is 0 Å². The standard InChI is InChI=1S/C16H13N5O5S2/c1-10-5-7-11(8-6-10)14(22)17-15-18-19-16(27-15)28(25,26)20-12-3-2-4-13(9-12)21(23)24/h2-9,20H,1H3,(H,17,18,22). The first-order chi connectivity index (χ1) is 13.2. The quantitative estimate of drug-likeness (QED) is 0.355. The second kappa shape index (κ2) is 7.70. The Hall–Kier alpha value is -3.38. The molecule has 0 bridgehead atoms. The van der Waals surface area contributed by atoms with Gasteiger partial charge in [-0.1, -0.05) is 35.1 Å². The van der Waals surface area contributed by atoms with Gasteiger partial charge in [-0.25, -0.2) is 0 Å². The van der Waals surface area contributed by atoms with Crippen LogP contribution in [0.1, 0.15) is 15.9 Å². The molecule has 3 aromatic rings. The summed E-state index contributed by atoms with van der Waals surface area (Å²) in [5.74, 6) is -0.452. The Morgan fingerprint density at radius 1 is 1.14 bits per heavy atom. The Balaban J connectivity index is 1.75. The number of hydrogen-bond donors (Lipinski definition) is 2. The van der Waals surface area contributed by atoms with Crippen LogP contribution in [0, 0.1) is 17.0 Å². The molecule has 3 rings (SSSR count). The molecule has 1 aromatic heterocycles. The van der Waals surface area contributed by atoms with E-state index in [2.05, 4.69) is 20.2 Å². The lowest BCUT2D eigenvalue weighted by Crippen LogP contribution is -2.12. The fraction of sp³-hybridized carbons (Fsp3) is 0.0625. The fourth-order valence-electron chi connectivity index (χ4n) is 2.12. The molecule has 0 spiro atoms. The number of aromatic nitrogens is 2. The maximum absolute atomic E-state index is 12.4. The lowest BCUT2D eigenvalue weighted by atomic mass is 10.1.